The van der Waals surface area contributed by atoms with E-state index in [4.69, 9.17) is 5.73 Å². The molecule has 0 saturated carbocycles. The Bertz CT molecular complexity index is 869. The lowest BCUT2D eigenvalue weighted by Gasteiger charge is -2.40. The molecule has 2 saturated heterocycles. The lowest BCUT2D eigenvalue weighted by atomic mass is 9.98. The Balaban J connectivity index is 1.34. The van der Waals surface area contributed by atoms with E-state index in [1.54, 1.807) is 6.20 Å². The fraction of sp³-hybridized carbons (Fsp3) is 0.545. The summed E-state index contributed by atoms with van der Waals surface area (Å²) in [6.45, 7) is 4.04. The van der Waals surface area contributed by atoms with Gasteiger partial charge in [0.15, 0.2) is 0 Å². The Kier molecular flexibility index (Phi) is 5.65. The van der Waals surface area contributed by atoms with E-state index in [-0.39, 0.29) is 5.91 Å². The number of aromatic amines is 1. The van der Waals surface area contributed by atoms with Crippen molar-refractivity contribution >= 4 is 16.8 Å². The molecule has 0 bridgehead atoms. The summed E-state index contributed by atoms with van der Waals surface area (Å²) in [6, 6.07) is 8.19. The molecule has 2 fully saturated rings. The summed E-state index contributed by atoms with van der Waals surface area (Å²) in [5.74, 6) is 0.0479. The van der Waals surface area contributed by atoms with Crippen LogP contribution in [0.3, 0.4) is 0 Å². The fourth-order valence-corrected chi connectivity index (χ4v) is 4.70. The maximum atomic E-state index is 12.9. The van der Waals surface area contributed by atoms with Crippen molar-refractivity contribution in [3.63, 3.8) is 0 Å². The van der Waals surface area contributed by atoms with Crippen molar-refractivity contribution < 1.29 is 4.79 Å². The van der Waals surface area contributed by atoms with Crippen molar-refractivity contribution in [2.75, 3.05) is 26.2 Å². The number of nitrogens with zero attached hydrogens (tertiary/aromatic N) is 3. The van der Waals surface area contributed by atoms with Crippen LogP contribution in [0.4, 0.5) is 0 Å². The number of nitriles is 1. The van der Waals surface area contributed by atoms with E-state index in [2.05, 4.69) is 16.0 Å². The highest BCUT2D eigenvalue weighted by Crippen LogP contribution is 2.22. The van der Waals surface area contributed by atoms with E-state index >= 15 is 0 Å². The number of likely N-dealkylation sites (tertiary alicyclic amines) is 2. The predicted molar refractivity (Wildman–Crippen MR) is 110 cm³/mol. The van der Waals surface area contributed by atoms with Gasteiger partial charge >= 0.3 is 0 Å². The number of hydrogen-bond donors (Lipinski definition) is 2. The van der Waals surface area contributed by atoms with Gasteiger partial charge in [0.25, 0.3) is 0 Å². The molecule has 2 aliphatic heterocycles. The summed E-state index contributed by atoms with van der Waals surface area (Å²) in [4.78, 5) is 20.5. The Morgan fingerprint density at radius 3 is 2.68 bits per heavy atom. The maximum absolute atomic E-state index is 12.9. The molecule has 148 valence electrons. The standard InChI is InChI=1S/C22H29N5O/c23-14-17-15-25-21-5-4-16(12-19(17)21)13-20(24)22(28)27-10-6-18(7-11-27)26-8-2-1-3-9-26/h4-5,12,15,18,20,25H,1-3,6-11,13,24H2. The highest BCUT2D eigenvalue weighted by molar-refractivity contribution is 5.87. The highest BCUT2D eigenvalue weighted by Gasteiger charge is 2.29. The molecule has 1 amide bonds. The first-order valence-corrected chi connectivity index (χ1v) is 10.4. The summed E-state index contributed by atoms with van der Waals surface area (Å²) >= 11 is 0. The lowest BCUT2D eigenvalue weighted by molar-refractivity contribution is -0.134. The molecule has 2 aromatic rings. The van der Waals surface area contributed by atoms with Crippen molar-refractivity contribution in [3.05, 3.63) is 35.5 Å². The van der Waals surface area contributed by atoms with Gasteiger partial charge in [-0.05, 0) is 62.9 Å². The number of nitrogens with two attached hydrogens (primary N) is 1. The van der Waals surface area contributed by atoms with Crippen LogP contribution in [0.1, 0.15) is 43.2 Å². The van der Waals surface area contributed by atoms with Gasteiger partial charge < -0.3 is 20.5 Å². The van der Waals surface area contributed by atoms with Gasteiger partial charge in [-0.3, -0.25) is 4.79 Å². The molecule has 1 aromatic heterocycles. The molecule has 1 atom stereocenters. The summed E-state index contributed by atoms with van der Waals surface area (Å²) < 4.78 is 0. The minimum Gasteiger partial charge on any atom is -0.360 e. The quantitative estimate of drug-likeness (QED) is 0.854. The number of amides is 1. The second-order valence-corrected chi connectivity index (χ2v) is 8.16. The van der Waals surface area contributed by atoms with Crippen LogP contribution in [0.2, 0.25) is 0 Å². The van der Waals surface area contributed by atoms with Crippen LogP contribution >= 0.6 is 0 Å². The van der Waals surface area contributed by atoms with Gasteiger partial charge in [0.05, 0.1) is 11.6 Å². The zero-order valence-corrected chi connectivity index (χ0v) is 16.4. The number of H-pyrrole nitrogens is 1. The fourth-order valence-electron chi connectivity index (χ4n) is 4.70. The van der Waals surface area contributed by atoms with E-state index in [0.29, 0.717) is 18.0 Å². The molecular weight excluding hydrogens is 350 g/mol. The molecule has 3 heterocycles. The van der Waals surface area contributed by atoms with Crippen molar-refractivity contribution in [1.82, 2.24) is 14.8 Å². The average Bonchev–Trinajstić information content (AvgIpc) is 3.16. The second-order valence-electron chi connectivity index (χ2n) is 8.16. The van der Waals surface area contributed by atoms with Crippen LogP contribution in [0.15, 0.2) is 24.4 Å². The first kappa shape index (κ1) is 19.0. The van der Waals surface area contributed by atoms with Crippen molar-refractivity contribution in [2.45, 2.75) is 50.6 Å². The number of carbonyl (C=O) groups excluding carboxylic acids is 1. The van der Waals surface area contributed by atoms with Gasteiger partial charge in [0, 0.05) is 36.2 Å². The highest BCUT2D eigenvalue weighted by atomic mass is 16.2. The Morgan fingerprint density at radius 1 is 1.21 bits per heavy atom. The van der Waals surface area contributed by atoms with Gasteiger partial charge in [-0.2, -0.15) is 5.26 Å². The third-order valence-electron chi connectivity index (χ3n) is 6.32. The van der Waals surface area contributed by atoms with Crippen molar-refractivity contribution in [2.24, 2.45) is 5.73 Å². The van der Waals surface area contributed by atoms with E-state index in [1.807, 2.05) is 23.1 Å². The number of aromatic nitrogens is 1. The average molecular weight is 380 g/mol. The predicted octanol–water partition coefficient (Wildman–Crippen LogP) is 2.39. The SMILES string of the molecule is N#Cc1c[nH]c2ccc(CC(N)C(=O)N3CCC(N4CCCCC4)CC3)cc12. The molecular formula is C22H29N5O. The van der Waals surface area contributed by atoms with Crippen LogP contribution in [-0.4, -0.2) is 59.0 Å². The van der Waals surface area contributed by atoms with E-state index in [1.165, 1.54) is 32.4 Å². The number of benzene rings is 1. The Hall–Kier alpha value is -2.36. The third kappa shape index (κ3) is 3.91. The van der Waals surface area contributed by atoms with Gasteiger partial charge in [0.1, 0.15) is 6.07 Å². The first-order chi connectivity index (χ1) is 13.7. The van der Waals surface area contributed by atoms with Crippen LogP contribution in [0, 0.1) is 11.3 Å². The molecule has 1 unspecified atom stereocenters. The number of fused-ring (bicyclic) bond motifs is 1. The normalized spacial score (nSPS) is 20.2. The van der Waals surface area contributed by atoms with Crippen molar-refractivity contribution in [3.8, 4) is 6.07 Å². The molecule has 28 heavy (non-hydrogen) atoms. The smallest absolute Gasteiger partial charge is 0.239 e. The minimum atomic E-state index is -0.534. The minimum absolute atomic E-state index is 0.0479. The van der Waals surface area contributed by atoms with Gasteiger partial charge in [-0.15, -0.1) is 0 Å². The number of hydrogen-bond acceptors (Lipinski definition) is 4. The van der Waals surface area contributed by atoms with Gasteiger partial charge in [-0.25, -0.2) is 0 Å². The number of nitrogens with one attached hydrogen (secondary N) is 1. The topological polar surface area (TPSA) is 89.1 Å². The molecule has 4 rings (SSSR count). The molecule has 6 heteroatoms. The zero-order chi connectivity index (χ0) is 19.5. The molecule has 0 aliphatic carbocycles. The molecule has 2 aliphatic rings. The Labute approximate surface area is 166 Å². The van der Waals surface area contributed by atoms with Crippen molar-refractivity contribution in [1.29, 1.82) is 5.26 Å². The van der Waals surface area contributed by atoms with Gasteiger partial charge in [0.2, 0.25) is 5.91 Å². The molecule has 3 N–H and O–H groups in total. The largest absolute Gasteiger partial charge is 0.360 e. The number of rotatable bonds is 4. The van der Waals surface area contributed by atoms with Crippen LogP contribution in [0.5, 0.6) is 0 Å². The summed E-state index contributed by atoms with van der Waals surface area (Å²) in [6.07, 6.45) is 8.29. The van der Waals surface area contributed by atoms with Crippen LogP contribution in [0.25, 0.3) is 10.9 Å². The van der Waals surface area contributed by atoms with Crippen LogP contribution in [-0.2, 0) is 11.2 Å². The monoisotopic (exact) mass is 379 g/mol. The number of piperidine rings is 2. The zero-order valence-electron chi connectivity index (χ0n) is 16.4. The van der Waals surface area contributed by atoms with Crippen LogP contribution < -0.4 is 5.73 Å². The lowest BCUT2D eigenvalue weighted by Crippen LogP contribution is -2.52. The third-order valence-corrected chi connectivity index (χ3v) is 6.32. The molecule has 1 aromatic carbocycles. The van der Waals surface area contributed by atoms with E-state index < -0.39 is 6.04 Å². The Morgan fingerprint density at radius 2 is 1.96 bits per heavy atom. The number of carbonyl (C=O) groups is 1. The summed E-state index contributed by atoms with van der Waals surface area (Å²) in [5.41, 5.74) is 8.82. The van der Waals surface area contributed by atoms with E-state index in [9.17, 15) is 10.1 Å². The maximum Gasteiger partial charge on any atom is 0.239 e. The van der Waals surface area contributed by atoms with E-state index in [0.717, 1.165) is 42.4 Å². The molecule has 0 radical (unpaired) electrons. The second kappa shape index (κ2) is 8.34. The first-order valence-electron chi connectivity index (χ1n) is 10.4. The molecule has 0 spiro atoms. The van der Waals surface area contributed by atoms with Gasteiger partial charge in [-0.1, -0.05) is 12.5 Å². The molecule has 6 nitrogen and oxygen atoms in total. The summed E-state index contributed by atoms with van der Waals surface area (Å²) in [5, 5.41) is 10.1. The summed E-state index contributed by atoms with van der Waals surface area (Å²) in [7, 11) is 0.